The van der Waals surface area contributed by atoms with Gasteiger partial charge in [0.2, 0.25) is 0 Å². The van der Waals surface area contributed by atoms with E-state index in [1.165, 1.54) is 102 Å². The lowest BCUT2D eigenvalue weighted by Crippen LogP contribution is -2.31. The molecule has 0 amide bonds. The maximum absolute atomic E-state index is 15.6. The van der Waals surface area contributed by atoms with E-state index in [9.17, 15) is 0 Å². The van der Waals surface area contributed by atoms with Gasteiger partial charge >= 0.3 is 0 Å². The molecule has 0 bridgehead atoms. The highest BCUT2D eigenvalue weighted by molar-refractivity contribution is 5.38. The van der Waals surface area contributed by atoms with E-state index in [0.29, 0.717) is 5.92 Å². The van der Waals surface area contributed by atoms with Gasteiger partial charge in [0.1, 0.15) is 5.82 Å². The van der Waals surface area contributed by atoms with Crippen molar-refractivity contribution < 1.29 is 4.39 Å². The molecule has 5 unspecified atom stereocenters. The van der Waals surface area contributed by atoms with E-state index in [-0.39, 0.29) is 5.82 Å². The first-order chi connectivity index (χ1) is 15.2. The maximum Gasteiger partial charge on any atom is 0.130 e. The van der Waals surface area contributed by atoms with Crippen LogP contribution in [0.1, 0.15) is 133 Å². The van der Waals surface area contributed by atoms with Gasteiger partial charge < -0.3 is 0 Å². The molecule has 31 heavy (non-hydrogen) atoms. The van der Waals surface area contributed by atoms with Crippen LogP contribution in [0.15, 0.2) is 12.1 Å². The van der Waals surface area contributed by atoms with E-state index in [1.54, 1.807) is 0 Å². The van der Waals surface area contributed by atoms with E-state index >= 15 is 4.39 Å². The Kier molecular flexibility index (Phi) is 8.52. The van der Waals surface area contributed by atoms with Crippen LogP contribution in [0.5, 0.6) is 0 Å². The number of fused-ring (bicyclic) bond motifs is 2. The van der Waals surface area contributed by atoms with Gasteiger partial charge in [-0.2, -0.15) is 0 Å². The standard InChI is InChI=1S/C30H47F/c1-3-5-7-8-10-23-12-17-28-26(20-23)16-18-29(30(28)31)27-15-14-24-19-22(9-6-4-2)11-13-25(24)21-27/h16,18,22-25,27H,3-15,17,19-21H2,1-2H3. The topological polar surface area (TPSA) is 0 Å². The molecule has 1 aromatic carbocycles. The number of unbranched alkanes of at least 4 members (excludes halogenated alkanes) is 4. The molecule has 1 heteroatoms. The summed E-state index contributed by atoms with van der Waals surface area (Å²) < 4.78 is 15.6. The summed E-state index contributed by atoms with van der Waals surface area (Å²) >= 11 is 0. The SMILES string of the molecule is CCCCCCC1CCc2c(ccc(C3CCC4CC(CCCC)CCC4C3)c2F)C1. The second-order valence-corrected chi connectivity index (χ2v) is 11.4. The molecule has 0 heterocycles. The molecule has 0 spiro atoms. The summed E-state index contributed by atoms with van der Waals surface area (Å²) in [4.78, 5) is 0. The molecule has 0 aromatic heterocycles. The van der Waals surface area contributed by atoms with Crippen molar-refractivity contribution in [3.8, 4) is 0 Å². The monoisotopic (exact) mass is 426 g/mol. The summed E-state index contributed by atoms with van der Waals surface area (Å²) in [6, 6.07) is 4.52. The third-order valence-electron chi connectivity index (χ3n) is 9.27. The largest absolute Gasteiger partial charge is 0.206 e. The quantitative estimate of drug-likeness (QED) is 0.345. The second kappa shape index (κ2) is 11.3. The van der Waals surface area contributed by atoms with Crippen LogP contribution in [0.25, 0.3) is 0 Å². The molecule has 3 aliphatic carbocycles. The molecule has 0 nitrogen and oxygen atoms in total. The normalized spacial score (nSPS) is 30.6. The minimum Gasteiger partial charge on any atom is -0.206 e. The molecule has 5 atom stereocenters. The van der Waals surface area contributed by atoms with E-state index in [2.05, 4.69) is 26.0 Å². The lowest BCUT2D eigenvalue weighted by atomic mass is 9.63. The predicted molar refractivity (Wildman–Crippen MR) is 131 cm³/mol. The molecule has 0 radical (unpaired) electrons. The molecule has 4 rings (SSSR count). The van der Waals surface area contributed by atoms with E-state index in [0.717, 1.165) is 47.6 Å². The summed E-state index contributed by atoms with van der Waals surface area (Å²) in [6.45, 7) is 4.60. The maximum atomic E-state index is 15.6. The van der Waals surface area contributed by atoms with Crippen LogP contribution in [0.2, 0.25) is 0 Å². The molecule has 2 saturated carbocycles. The van der Waals surface area contributed by atoms with Crippen molar-refractivity contribution in [3.05, 3.63) is 34.6 Å². The number of halogens is 1. The van der Waals surface area contributed by atoms with Crippen molar-refractivity contribution in [3.63, 3.8) is 0 Å². The predicted octanol–water partition coefficient (Wildman–Crippen LogP) is 9.39. The first-order valence-corrected chi connectivity index (χ1v) is 14.0. The van der Waals surface area contributed by atoms with Crippen molar-refractivity contribution in [2.75, 3.05) is 0 Å². The van der Waals surface area contributed by atoms with Gasteiger partial charge in [0, 0.05) is 0 Å². The van der Waals surface area contributed by atoms with E-state index < -0.39 is 0 Å². The van der Waals surface area contributed by atoms with Crippen LogP contribution in [0.4, 0.5) is 4.39 Å². The molecule has 174 valence electrons. The fourth-order valence-corrected chi connectivity index (χ4v) is 7.35. The highest BCUT2D eigenvalue weighted by atomic mass is 19.1. The van der Waals surface area contributed by atoms with Crippen LogP contribution >= 0.6 is 0 Å². The first-order valence-electron chi connectivity index (χ1n) is 14.0. The van der Waals surface area contributed by atoms with Gasteiger partial charge in [-0.3, -0.25) is 0 Å². The minimum absolute atomic E-state index is 0.196. The highest BCUT2D eigenvalue weighted by Gasteiger charge is 2.37. The van der Waals surface area contributed by atoms with E-state index in [4.69, 9.17) is 0 Å². The van der Waals surface area contributed by atoms with E-state index in [1.807, 2.05) is 0 Å². The Bertz CT molecular complexity index is 692. The Morgan fingerprint density at radius 3 is 2.39 bits per heavy atom. The molecule has 0 saturated heterocycles. The summed E-state index contributed by atoms with van der Waals surface area (Å²) in [7, 11) is 0. The fraction of sp³-hybridized carbons (Fsp3) is 0.800. The van der Waals surface area contributed by atoms with Crippen LogP contribution in [-0.2, 0) is 12.8 Å². The molecule has 1 aromatic rings. The summed E-state index contributed by atoms with van der Waals surface area (Å²) in [6.07, 6.45) is 22.3. The van der Waals surface area contributed by atoms with Gasteiger partial charge in [-0.25, -0.2) is 4.39 Å². The minimum atomic E-state index is 0.196. The zero-order chi connectivity index (χ0) is 21.6. The van der Waals surface area contributed by atoms with Crippen molar-refractivity contribution in [2.24, 2.45) is 23.7 Å². The van der Waals surface area contributed by atoms with Gasteiger partial charge in [0.05, 0.1) is 0 Å². The summed E-state index contributed by atoms with van der Waals surface area (Å²) in [5, 5.41) is 0. The Morgan fingerprint density at radius 2 is 1.55 bits per heavy atom. The van der Waals surface area contributed by atoms with Crippen LogP contribution < -0.4 is 0 Å². The lowest BCUT2D eigenvalue weighted by Gasteiger charge is -2.42. The Morgan fingerprint density at radius 1 is 0.774 bits per heavy atom. The Balaban J connectivity index is 1.34. The number of hydrogen-bond acceptors (Lipinski definition) is 0. The molecule has 0 aliphatic heterocycles. The van der Waals surface area contributed by atoms with Gasteiger partial charge in [-0.05, 0) is 97.6 Å². The van der Waals surface area contributed by atoms with Crippen molar-refractivity contribution in [1.29, 1.82) is 0 Å². The Hall–Kier alpha value is -0.850. The zero-order valence-electron chi connectivity index (χ0n) is 20.4. The van der Waals surface area contributed by atoms with Crippen LogP contribution in [0, 0.1) is 29.5 Å². The zero-order valence-corrected chi connectivity index (χ0v) is 20.4. The molecule has 2 fully saturated rings. The highest BCUT2D eigenvalue weighted by Crippen LogP contribution is 2.49. The lowest BCUT2D eigenvalue weighted by molar-refractivity contribution is 0.112. The third kappa shape index (κ3) is 5.75. The van der Waals surface area contributed by atoms with Gasteiger partial charge in [-0.1, -0.05) is 83.8 Å². The Labute approximate surface area is 191 Å². The van der Waals surface area contributed by atoms with Crippen molar-refractivity contribution >= 4 is 0 Å². The number of rotatable bonds is 9. The van der Waals surface area contributed by atoms with Gasteiger partial charge in [0.15, 0.2) is 0 Å². The molecular weight excluding hydrogens is 379 g/mol. The van der Waals surface area contributed by atoms with Crippen molar-refractivity contribution in [1.82, 2.24) is 0 Å². The first kappa shape index (κ1) is 23.3. The third-order valence-corrected chi connectivity index (χ3v) is 9.27. The van der Waals surface area contributed by atoms with Crippen LogP contribution in [-0.4, -0.2) is 0 Å². The molecule has 3 aliphatic rings. The summed E-state index contributed by atoms with van der Waals surface area (Å²) in [5.74, 6) is 4.23. The molecule has 0 N–H and O–H groups in total. The van der Waals surface area contributed by atoms with Gasteiger partial charge in [-0.15, -0.1) is 0 Å². The average molecular weight is 427 g/mol. The average Bonchev–Trinajstić information content (AvgIpc) is 2.80. The smallest absolute Gasteiger partial charge is 0.130 e. The van der Waals surface area contributed by atoms with Crippen LogP contribution in [0.3, 0.4) is 0 Å². The molecular formula is C30H47F. The summed E-state index contributed by atoms with van der Waals surface area (Å²) in [5.41, 5.74) is 3.50. The number of benzene rings is 1. The van der Waals surface area contributed by atoms with Gasteiger partial charge in [0.25, 0.3) is 0 Å². The van der Waals surface area contributed by atoms with Crippen molar-refractivity contribution in [2.45, 2.75) is 129 Å². The number of hydrogen-bond donors (Lipinski definition) is 0. The fourth-order valence-electron chi connectivity index (χ4n) is 7.35. The second-order valence-electron chi connectivity index (χ2n) is 11.4.